The van der Waals surface area contributed by atoms with Crippen LogP contribution >= 0.6 is 11.6 Å². The number of nitrogens with zero attached hydrogens (tertiary/aromatic N) is 4. The van der Waals surface area contributed by atoms with E-state index in [2.05, 4.69) is 14.9 Å². The van der Waals surface area contributed by atoms with Crippen LogP contribution in [0.3, 0.4) is 0 Å². The third-order valence-corrected chi connectivity index (χ3v) is 5.16. The highest BCUT2D eigenvalue weighted by Gasteiger charge is 2.26. The summed E-state index contributed by atoms with van der Waals surface area (Å²) in [6.07, 6.45) is 1.17. The molecule has 116 valence electrons. The van der Waals surface area contributed by atoms with E-state index in [1.807, 2.05) is 7.05 Å². The second-order valence-electron chi connectivity index (χ2n) is 4.85. The summed E-state index contributed by atoms with van der Waals surface area (Å²) in [5.41, 5.74) is -0.0526. The molecule has 0 bridgehead atoms. The third-order valence-electron chi connectivity index (χ3n) is 3.37. The molecule has 1 aromatic heterocycles. The van der Waals surface area contributed by atoms with Gasteiger partial charge in [-0.3, -0.25) is 4.79 Å². The minimum atomic E-state index is -3.57. The summed E-state index contributed by atoms with van der Waals surface area (Å²) in [4.78, 5) is 23.7. The Bertz CT molecular complexity index is 642. The summed E-state index contributed by atoms with van der Waals surface area (Å²) in [6.45, 7) is 4.13. The molecule has 1 aliphatic heterocycles. The zero-order valence-corrected chi connectivity index (χ0v) is 13.5. The lowest BCUT2D eigenvalue weighted by molar-refractivity contribution is 0.0657. The van der Waals surface area contributed by atoms with Gasteiger partial charge >= 0.3 is 0 Å². The number of rotatable bonds is 3. The molecule has 0 spiro atoms. The van der Waals surface area contributed by atoms with Gasteiger partial charge in [0.25, 0.3) is 5.91 Å². The number of carbonyl (C=O) groups is 1. The molecule has 2 rings (SSSR count). The highest BCUT2D eigenvalue weighted by molar-refractivity contribution is 7.91. The van der Waals surface area contributed by atoms with E-state index in [9.17, 15) is 13.2 Å². The zero-order valence-electron chi connectivity index (χ0n) is 11.9. The van der Waals surface area contributed by atoms with E-state index in [0.29, 0.717) is 13.1 Å². The SMILES string of the molecule is CCS(=O)(=O)c1ncc(Cl)c(C(=O)N2CCN(C)CC2)n1. The van der Waals surface area contributed by atoms with E-state index in [0.717, 1.165) is 13.1 Å². The minimum Gasteiger partial charge on any atom is -0.335 e. The first-order valence-electron chi connectivity index (χ1n) is 6.58. The quantitative estimate of drug-likeness (QED) is 0.741. The number of hydrogen-bond acceptors (Lipinski definition) is 6. The van der Waals surface area contributed by atoms with Gasteiger partial charge in [-0.15, -0.1) is 0 Å². The van der Waals surface area contributed by atoms with Gasteiger partial charge in [-0.1, -0.05) is 18.5 Å². The summed E-state index contributed by atoms with van der Waals surface area (Å²) in [6, 6.07) is 0. The Labute approximate surface area is 128 Å². The van der Waals surface area contributed by atoms with Gasteiger partial charge in [-0.05, 0) is 7.05 Å². The second-order valence-corrected chi connectivity index (χ2v) is 7.43. The van der Waals surface area contributed by atoms with E-state index in [1.54, 1.807) is 4.90 Å². The topological polar surface area (TPSA) is 83.5 Å². The number of likely N-dealkylation sites (N-methyl/N-ethyl adjacent to an activating group) is 1. The van der Waals surface area contributed by atoms with Gasteiger partial charge in [0.15, 0.2) is 5.69 Å². The van der Waals surface area contributed by atoms with Crippen molar-refractivity contribution in [2.45, 2.75) is 12.1 Å². The molecule has 1 aromatic rings. The van der Waals surface area contributed by atoms with Crippen molar-refractivity contribution >= 4 is 27.3 Å². The van der Waals surface area contributed by atoms with Crippen molar-refractivity contribution in [1.82, 2.24) is 19.8 Å². The first kappa shape index (κ1) is 16.1. The Morgan fingerprint density at radius 1 is 1.33 bits per heavy atom. The maximum absolute atomic E-state index is 12.4. The Hall–Kier alpha value is -1.25. The summed E-state index contributed by atoms with van der Waals surface area (Å²) >= 11 is 5.95. The summed E-state index contributed by atoms with van der Waals surface area (Å²) in [5.74, 6) is -0.486. The lowest BCUT2D eigenvalue weighted by Gasteiger charge is -2.32. The maximum atomic E-state index is 12.4. The summed E-state index contributed by atoms with van der Waals surface area (Å²) < 4.78 is 23.6. The first-order valence-corrected chi connectivity index (χ1v) is 8.61. The fraction of sp³-hybridized carbons (Fsp3) is 0.583. The number of carbonyl (C=O) groups excluding carboxylic acids is 1. The molecule has 0 aliphatic carbocycles. The van der Waals surface area contributed by atoms with Gasteiger partial charge in [0.05, 0.1) is 17.0 Å². The molecule has 1 saturated heterocycles. The van der Waals surface area contributed by atoms with Crippen molar-refractivity contribution < 1.29 is 13.2 Å². The predicted octanol–water partition coefficient (Wildman–Crippen LogP) is 0.311. The molecule has 0 atom stereocenters. The standard InChI is InChI=1S/C12H17ClN4O3S/c1-3-21(19,20)12-14-8-9(13)10(15-12)11(18)17-6-4-16(2)5-7-17/h8H,3-7H2,1-2H3. The zero-order chi connectivity index (χ0) is 15.6. The van der Waals surface area contributed by atoms with Crippen LogP contribution in [0.1, 0.15) is 17.4 Å². The molecule has 0 aromatic carbocycles. The second kappa shape index (κ2) is 6.25. The van der Waals surface area contributed by atoms with Crippen LogP contribution in [-0.4, -0.2) is 73.1 Å². The van der Waals surface area contributed by atoms with Crippen LogP contribution in [0.25, 0.3) is 0 Å². The number of piperazine rings is 1. The maximum Gasteiger partial charge on any atom is 0.274 e. The Balaban J connectivity index is 2.31. The van der Waals surface area contributed by atoms with Crippen LogP contribution in [0.4, 0.5) is 0 Å². The Morgan fingerprint density at radius 3 is 2.52 bits per heavy atom. The third kappa shape index (κ3) is 3.50. The van der Waals surface area contributed by atoms with E-state index >= 15 is 0 Å². The minimum absolute atomic E-state index is 0.0526. The highest BCUT2D eigenvalue weighted by Crippen LogP contribution is 2.17. The van der Waals surface area contributed by atoms with Crippen molar-refractivity contribution in [3.05, 3.63) is 16.9 Å². The van der Waals surface area contributed by atoms with Crippen LogP contribution in [0.15, 0.2) is 11.4 Å². The smallest absolute Gasteiger partial charge is 0.274 e. The normalized spacial score (nSPS) is 17.0. The molecule has 0 saturated carbocycles. The van der Waals surface area contributed by atoms with Crippen LogP contribution in [0.2, 0.25) is 5.02 Å². The van der Waals surface area contributed by atoms with Crippen molar-refractivity contribution in [3.63, 3.8) is 0 Å². The Morgan fingerprint density at radius 2 is 1.95 bits per heavy atom. The van der Waals surface area contributed by atoms with Crippen LogP contribution in [-0.2, 0) is 9.84 Å². The molecule has 1 aliphatic rings. The van der Waals surface area contributed by atoms with E-state index in [4.69, 9.17) is 11.6 Å². The number of hydrogen-bond donors (Lipinski definition) is 0. The molecule has 1 amide bonds. The molecule has 0 N–H and O–H groups in total. The number of amides is 1. The van der Waals surface area contributed by atoms with Gasteiger partial charge in [-0.25, -0.2) is 18.4 Å². The first-order chi connectivity index (χ1) is 9.85. The number of sulfone groups is 1. The fourth-order valence-corrected chi connectivity index (χ4v) is 2.81. The summed E-state index contributed by atoms with van der Waals surface area (Å²) in [5, 5.41) is -0.291. The van der Waals surface area contributed by atoms with Gasteiger partial charge in [-0.2, -0.15) is 0 Å². The van der Waals surface area contributed by atoms with Crippen molar-refractivity contribution in [2.75, 3.05) is 39.0 Å². The van der Waals surface area contributed by atoms with Crippen LogP contribution in [0.5, 0.6) is 0 Å². The Kier molecular flexibility index (Phi) is 4.80. The van der Waals surface area contributed by atoms with Gasteiger partial charge in [0.2, 0.25) is 15.0 Å². The fourth-order valence-electron chi connectivity index (χ4n) is 1.94. The van der Waals surface area contributed by atoms with Crippen LogP contribution < -0.4 is 0 Å². The number of halogens is 1. The van der Waals surface area contributed by atoms with Crippen molar-refractivity contribution in [2.24, 2.45) is 0 Å². The van der Waals surface area contributed by atoms with Crippen molar-refractivity contribution in [1.29, 1.82) is 0 Å². The molecule has 9 heteroatoms. The molecule has 21 heavy (non-hydrogen) atoms. The monoisotopic (exact) mass is 332 g/mol. The van der Waals surface area contributed by atoms with E-state index in [1.165, 1.54) is 13.1 Å². The molecule has 2 heterocycles. The average molecular weight is 333 g/mol. The van der Waals surface area contributed by atoms with Gasteiger partial charge < -0.3 is 9.80 Å². The molecule has 7 nitrogen and oxygen atoms in total. The van der Waals surface area contributed by atoms with Crippen LogP contribution in [0, 0.1) is 0 Å². The molecule has 0 radical (unpaired) electrons. The highest BCUT2D eigenvalue weighted by atomic mass is 35.5. The average Bonchev–Trinajstić information content (AvgIpc) is 2.47. The van der Waals surface area contributed by atoms with Gasteiger partial charge in [0.1, 0.15) is 0 Å². The van der Waals surface area contributed by atoms with E-state index < -0.39 is 9.84 Å². The summed E-state index contributed by atoms with van der Waals surface area (Å²) in [7, 11) is -1.59. The lowest BCUT2D eigenvalue weighted by Crippen LogP contribution is -2.47. The molecule has 0 unspecified atom stereocenters. The molecular weight excluding hydrogens is 316 g/mol. The van der Waals surface area contributed by atoms with E-state index in [-0.39, 0.29) is 27.5 Å². The van der Waals surface area contributed by atoms with Crippen molar-refractivity contribution in [3.8, 4) is 0 Å². The molecule has 1 fully saturated rings. The lowest BCUT2D eigenvalue weighted by atomic mass is 10.3. The van der Waals surface area contributed by atoms with Gasteiger partial charge in [0, 0.05) is 26.2 Å². The molecular formula is C12H17ClN4O3S. The largest absolute Gasteiger partial charge is 0.335 e. The number of aromatic nitrogens is 2. The predicted molar refractivity (Wildman–Crippen MR) is 78.2 cm³/mol.